The second-order valence-electron chi connectivity index (χ2n) is 4.70. The van der Waals surface area contributed by atoms with Gasteiger partial charge in [0.1, 0.15) is 16.8 Å². The Morgan fingerprint density at radius 3 is 3.05 bits per heavy atom. The van der Waals surface area contributed by atoms with Crippen molar-refractivity contribution in [1.82, 2.24) is 5.32 Å². The Hall–Kier alpha value is -1.73. The van der Waals surface area contributed by atoms with Crippen molar-refractivity contribution in [1.29, 1.82) is 0 Å². The first-order chi connectivity index (χ1) is 10.0. The molecule has 1 heterocycles. The quantitative estimate of drug-likeness (QED) is 0.805. The number of carbonyl (C=O) groups excluding carboxylic acids is 1. The van der Waals surface area contributed by atoms with Crippen LogP contribution >= 0.6 is 12.2 Å². The predicted molar refractivity (Wildman–Crippen MR) is 82.9 cm³/mol. The number of carbonyl (C=O) groups is 1. The van der Waals surface area contributed by atoms with Crippen LogP contribution in [0.15, 0.2) is 18.2 Å². The van der Waals surface area contributed by atoms with E-state index in [2.05, 4.69) is 5.32 Å². The van der Waals surface area contributed by atoms with Gasteiger partial charge in [-0.25, -0.2) is 4.39 Å². The van der Waals surface area contributed by atoms with Gasteiger partial charge in [0, 0.05) is 24.3 Å². The van der Waals surface area contributed by atoms with Gasteiger partial charge in [-0.15, -0.1) is 0 Å². The molecule has 114 valence electrons. The number of hydrogen-bond acceptors (Lipinski definition) is 4. The van der Waals surface area contributed by atoms with Crippen LogP contribution < -0.4 is 16.0 Å². The van der Waals surface area contributed by atoms with Crippen molar-refractivity contribution in [3.8, 4) is 0 Å². The van der Waals surface area contributed by atoms with Crippen molar-refractivity contribution in [3.05, 3.63) is 29.6 Å². The van der Waals surface area contributed by atoms with Crippen LogP contribution in [0.25, 0.3) is 0 Å². The van der Waals surface area contributed by atoms with Crippen molar-refractivity contribution >= 4 is 28.8 Å². The van der Waals surface area contributed by atoms with Gasteiger partial charge in [0.15, 0.2) is 0 Å². The summed E-state index contributed by atoms with van der Waals surface area (Å²) in [6, 6.07) is 3.75. The Kier molecular flexibility index (Phi) is 5.08. The largest absolute Gasteiger partial charge is 0.389 e. The van der Waals surface area contributed by atoms with E-state index in [0.29, 0.717) is 30.9 Å². The van der Waals surface area contributed by atoms with Gasteiger partial charge in [-0.1, -0.05) is 12.2 Å². The zero-order valence-corrected chi connectivity index (χ0v) is 12.6. The second-order valence-corrected chi connectivity index (χ2v) is 5.14. The van der Waals surface area contributed by atoms with Gasteiger partial charge < -0.3 is 20.7 Å². The molecule has 21 heavy (non-hydrogen) atoms. The van der Waals surface area contributed by atoms with Crippen LogP contribution in [0.2, 0.25) is 0 Å². The number of amides is 1. The summed E-state index contributed by atoms with van der Waals surface area (Å²) in [6.45, 7) is 3.67. The average molecular weight is 311 g/mol. The third-order valence-corrected chi connectivity index (χ3v) is 3.54. The maximum atomic E-state index is 13.4. The summed E-state index contributed by atoms with van der Waals surface area (Å²) in [5.41, 5.74) is 6.76. The van der Waals surface area contributed by atoms with E-state index in [4.69, 9.17) is 22.7 Å². The summed E-state index contributed by atoms with van der Waals surface area (Å²) in [4.78, 5) is 14.1. The molecule has 1 unspecified atom stereocenters. The Bertz CT molecular complexity index is 553. The summed E-state index contributed by atoms with van der Waals surface area (Å²) in [7, 11) is 0. The molecule has 1 fully saturated rings. The molecule has 3 N–H and O–H groups in total. The van der Waals surface area contributed by atoms with E-state index in [1.165, 1.54) is 12.1 Å². The summed E-state index contributed by atoms with van der Waals surface area (Å²) < 4.78 is 18.8. The van der Waals surface area contributed by atoms with Crippen molar-refractivity contribution in [2.75, 3.05) is 31.2 Å². The van der Waals surface area contributed by atoms with Crippen LogP contribution in [0.3, 0.4) is 0 Å². The molecule has 1 aliphatic rings. The average Bonchev–Trinajstić information content (AvgIpc) is 2.47. The first kappa shape index (κ1) is 15.7. The molecule has 0 bridgehead atoms. The molecule has 7 heteroatoms. The molecule has 0 spiro atoms. The first-order valence-corrected chi connectivity index (χ1v) is 7.17. The minimum absolute atomic E-state index is 0.102. The van der Waals surface area contributed by atoms with E-state index < -0.39 is 11.9 Å². The Morgan fingerprint density at radius 2 is 2.38 bits per heavy atom. The standard InChI is InChI=1S/C14H18FN3O2S/c1-2-17-14(19)12-8-20-6-5-18(12)11-4-3-9(15)7-10(11)13(16)21/h3-4,7,12H,2,5-6,8H2,1H3,(H2,16,21)(H,17,19). The lowest BCUT2D eigenvalue weighted by Crippen LogP contribution is -2.54. The molecule has 1 saturated heterocycles. The Morgan fingerprint density at radius 1 is 1.62 bits per heavy atom. The normalized spacial score (nSPS) is 18.4. The van der Waals surface area contributed by atoms with Crippen molar-refractivity contribution in [3.63, 3.8) is 0 Å². The van der Waals surface area contributed by atoms with Crippen LogP contribution in [0.1, 0.15) is 12.5 Å². The lowest BCUT2D eigenvalue weighted by atomic mass is 10.1. The molecule has 1 amide bonds. The lowest BCUT2D eigenvalue weighted by Gasteiger charge is -2.37. The molecule has 1 aromatic carbocycles. The van der Waals surface area contributed by atoms with E-state index in [-0.39, 0.29) is 17.5 Å². The molecule has 0 aliphatic carbocycles. The lowest BCUT2D eigenvalue weighted by molar-refractivity contribution is -0.124. The zero-order chi connectivity index (χ0) is 15.4. The number of likely N-dealkylation sites (N-methyl/N-ethyl adjacent to an activating group) is 1. The Labute approximate surface area is 128 Å². The van der Waals surface area contributed by atoms with Crippen LogP contribution in [0.4, 0.5) is 10.1 Å². The molecule has 0 aromatic heterocycles. The number of halogens is 1. The number of morpholine rings is 1. The number of ether oxygens (including phenoxy) is 1. The molecular formula is C14H18FN3O2S. The minimum Gasteiger partial charge on any atom is -0.389 e. The number of nitrogens with one attached hydrogen (secondary N) is 1. The molecule has 0 saturated carbocycles. The number of hydrogen-bond donors (Lipinski definition) is 2. The van der Waals surface area contributed by atoms with E-state index in [1.54, 1.807) is 6.07 Å². The monoisotopic (exact) mass is 311 g/mol. The Balaban J connectivity index is 2.37. The summed E-state index contributed by atoms with van der Waals surface area (Å²) >= 11 is 4.99. The van der Waals surface area contributed by atoms with Crippen molar-refractivity contribution in [2.24, 2.45) is 5.73 Å². The second kappa shape index (κ2) is 6.82. The molecular weight excluding hydrogens is 293 g/mol. The van der Waals surface area contributed by atoms with Gasteiger partial charge in [0.05, 0.1) is 13.2 Å². The van der Waals surface area contributed by atoms with E-state index >= 15 is 0 Å². The highest BCUT2D eigenvalue weighted by atomic mass is 32.1. The number of rotatable bonds is 4. The van der Waals surface area contributed by atoms with Gasteiger partial charge in [0.2, 0.25) is 5.91 Å². The van der Waals surface area contributed by atoms with Crippen LogP contribution in [-0.4, -0.2) is 43.2 Å². The van der Waals surface area contributed by atoms with E-state index in [1.807, 2.05) is 11.8 Å². The third kappa shape index (κ3) is 3.48. The third-order valence-electron chi connectivity index (χ3n) is 3.32. The van der Waals surface area contributed by atoms with Gasteiger partial charge in [-0.3, -0.25) is 4.79 Å². The summed E-state index contributed by atoms with van der Waals surface area (Å²) in [6.07, 6.45) is 0. The fraction of sp³-hybridized carbons (Fsp3) is 0.429. The number of nitrogens with two attached hydrogens (primary N) is 1. The highest BCUT2D eigenvalue weighted by molar-refractivity contribution is 7.80. The van der Waals surface area contributed by atoms with Crippen LogP contribution in [0.5, 0.6) is 0 Å². The number of anilines is 1. The molecule has 1 aliphatic heterocycles. The van der Waals surface area contributed by atoms with Crippen LogP contribution in [0, 0.1) is 5.82 Å². The maximum absolute atomic E-state index is 13.4. The molecule has 2 rings (SSSR count). The molecule has 1 atom stereocenters. The van der Waals surface area contributed by atoms with Crippen molar-refractivity contribution in [2.45, 2.75) is 13.0 Å². The molecule has 0 radical (unpaired) electrons. The van der Waals surface area contributed by atoms with Gasteiger partial charge in [-0.2, -0.15) is 0 Å². The number of benzene rings is 1. The van der Waals surface area contributed by atoms with Gasteiger partial charge in [-0.05, 0) is 25.1 Å². The number of thiocarbonyl (C=S) groups is 1. The van der Waals surface area contributed by atoms with E-state index in [9.17, 15) is 9.18 Å². The summed E-state index contributed by atoms with van der Waals surface area (Å²) in [5.74, 6) is -0.542. The topological polar surface area (TPSA) is 67.6 Å². The summed E-state index contributed by atoms with van der Waals surface area (Å²) in [5, 5.41) is 2.78. The fourth-order valence-electron chi connectivity index (χ4n) is 2.36. The fourth-order valence-corrected chi connectivity index (χ4v) is 2.52. The number of nitrogens with zero attached hydrogens (tertiary/aromatic N) is 1. The molecule has 5 nitrogen and oxygen atoms in total. The van der Waals surface area contributed by atoms with Gasteiger partial charge >= 0.3 is 0 Å². The first-order valence-electron chi connectivity index (χ1n) is 6.76. The minimum atomic E-state index is -0.475. The maximum Gasteiger partial charge on any atom is 0.245 e. The SMILES string of the molecule is CCNC(=O)C1COCCN1c1ccc(F)cc1C(N)=S. The van der Waals surface area contributed by atoms with Crippen LogP contribution in [-0.2, 0) is 9.53 Å². The zero-order valence-electron chi connectivity index (χ0n) is 11.8. The highest BCUT2D eigenvalue weighted by Crippen LogP contribution is 2.25. The smallest absolute Gasteiger partial charge is 0.245 e. The van der Waals surface area contributed by atoms with Crippen molar-refractivity contribution < 1.29 is 13.9 Å². The van der Waals surface area contributed by atoms with Gasteiger partial charge in [0.25, 0.3) is 0 Å². The van der Waals surface area contributed by atoms with E-state index in [0.717, 1.165) is 0 Å². The molecule has 1 aromatic rings. The predicted octanol–water partition coefficient (Wildman–Crippen LogP) is 0.801. The highest BCUT2D eigenvalue weighted by Gasteiger charge is 2.31.